The van der Waals surface area contributed by atoms with Gasteiger partial charge in [0, 0.05) is 12.2 Å². The largest absolute Gasteiger partial charge is 0.495 e. The van der Waals surface area contributed by atoms with Gasteiger partial charge in [0.05, 0.1) is 18.6 Å². The van der Waals surface area contributed by atoms with E-state index in [9.17, 15) is 4.79 Å². The Bertz CT molecular complexity index is 626. The summed E-state index contributed by atoms with van der Waals surface area (Å²) in [5, 5.41) is 12.5. The number of nitrogens with one attached hydrogen (secondary N) is 1. The van der Waals surface area contributed by atoms with Crippen LogP contribution in [0, 0.1) is 0 Å². The predicted octanol–water partition coefficient (Wildman–Crippen LogP) is 3.59. The quantitative estimate of drug-likeness (QED) is 0.856. The fourth-order valence-corrected chi connectivity index (χ4v) is 2.19. The molecule has 5 heteroatoms. The lowest BCUT2D eigenvalue weighted by Crippen LogP contribution is -2.02. The summed E-state index contributed by atoms with van der Waals surface area (Å²) in [6.07, 6.45) is 0.0434. The zero-order valence-corrected chi connectivity index (χ0v) is 12.4. The molecule has 2 N–H and O–H groups in total. The molecule has 0 bridgehead atoms. The van der Waals surface area contributed by atoms with Crippen LogP contribution in [0.5, 0.6) is 5.75 Å². The zero-order chi connectivity index (χ0) is 15.2. The Kier molecular flexibility index (Phi) is 5.06. The van der Waals surface area contributed by atoms with Gasteiger partial charge in [-0.25, -0.2) is 0 Å². The molecule has 2 aromatic carbocycles. The van der Waals surface area contributed by atoms with Gasteiger partial charge in [-0.05, 0) is 29.3 Å². The topological polar surface area (TPSA) is 58.6 Å². The van der Waals surface area contributed by atoms with Gasteiger partial charge in [0.25, 0.3) is 0 Å². The number of anilines is 1. The second-order valence-corrected chi connectivity index (χ2v) is 5.00. The monoisotopic (exact) mass is 305 g/mol. The first-order chi connectivity index (χ1) is 10.1. The first-order valence-corrected chi connectivity index (χ1v) is 6.83. The molecule has 0 fully saturated rings. The summed E-state index contributed by atoms with van der Waals surface area (Å²) in [4.78, 5) is 10.6. The molecule has 0 aliphatic carbocycles. The van der Waals surface area contributed by atoms with Crippen molar-refractivity contribution in [3.63, 3.8) is 0 Å². The second-order valence-electron chi connectivity index (χ2n) is 4.59. The summed E-state index contributed by atoms with van der Waals surface area (Å²) in [5.41, 5.74) is 2.75. The molecule has 0 aliphatic heterocycles. The van der Waals surface area contributed by atoms with Crippen LogP contribution in [-0.2, 0) is 17.8 Å². The number of hydrogen-bond donors (Lipinski definition) is 2. The smallest absolute Gasteiger partial charge is 0.307 e. The van der Waals surface area contributed by atoms with E-state index in [1.54, 1.807) is 19.2 Å². The Morgan fingerprint density at radius 1 is 1.19 bits per heavy atom. The van der Waals surface area contributed by atoms with Crippen LogP contribution < -0.4 is 10.1 Å². The molecule has 21 heavy (non-hydrogen) atoms. The third-order valence-electron chi connectivity index (χ3n) is 3.03. The van der Waals surface area contributed by atoms with Crippen LogP contribution in [0.15, 0.2) is 42.5 Å². The third-order valence-corrected chi connectivity index (χ3v) is 3.32. The lowest BCUT2D eigenvalue weighted by Gasteiger charge is -2.09. The summed E-state index contributed by atoms with van der Waals surface area (Å²) in [6, 6.07) is 13.0. The average Bonchev–Trinajstić information content (AvgIpc) is 2.46. The summed E-state index contributed by atoms with van der Waals surface area (Å²) >= 11 is 6.06. The standard InChI is InChI=1S/C16H16ClNO3/c1-21-15-7-6-13(9-14(15)17)18-10-12-4-2-11(3-5-12)8-16(19)20/h2-7,9,18H,8,10H2,1H3,(H,19,20). The second kappa shape index (κ2) is 6.99. The molecule has 0 amide bonds. The van der Waals surface area contributed by atoms with E-state index >= 15 is 0 Å². The molecule has 0 atom stereocenters. The summed E-state index contributed by atoms with van der Waals surface area (Å²) < 4.78 is 5.10. The molecular weight excluding hydrogens is 290 g/mol. The minimum Gasteiger partial charge on any atom is -0.495 e. The first-order valence-electron chi connectivity index (χ1n) is 6.45. The van der Waals surface area contributed by atoms with E-state index in [1.807, 2.05) is 30.3 Å². The molecule has 0 unspecified atom stereocenters. The Morgan fingerprint density at radius 3 is 2.43 bits per heavy atom. The normalized spacial score (nSPS) is 10.2. The number of carboxylic acid groups (broad SMARTS) is 1. The highest BCUT2D eigenvalue weighted by atomic mass is 35.5. The molecular formula is C16H16ClNO3. The van der Waals surface area contributed by atoms with Gasteiger partial charge in [-0.1, -0.05) is 35.9 Å². The maximum absolute atomic E-state index is 10.6. The van der Waals surface area contributed by atoms with Gasteiger partial charge in [-0.2, -0.15) is 0 Å². The van der Waals surface area contributed by atoms with Crippen LogP contribution >= 0.6 is 11.6 Å². The highest BCUT2D eigenvalue weighted by molar-refractivity contribution is 6.32. The van der Waals surface area contributed by atoms with Crippen molar-refractivity contribution in [2.24, 2.45) is 0 Å². The van der Waals surface area contributed by atoms with E-state index < -0.39 is 5.97 Å². The van der Waals surface area contributed by atoms with Crippen LogP contribution in [0.2, 0.25) is 5.02 Å². The number of methoxy groups -OCH3 is 1. The number of rotatable bonds is 6. The van der Waals surface area contributed by atoms with Gasteiger partial charge >= 0.3 is 5.97 Å². The molecule has 0 spiro atoms. The number of carbonyl (C=O) groups is 1. The van der Waals surface area contributed by atoms with Crippen molar-refractivity contribution in [2.45, 2.75) is 13.0 Å². The summed E-state index contributed by atoms with van der Waals surface area (Å²) in [5.74, 6) is -0.186. The first kappa shape index (κ1) is 15.2. The van der Waals surface area contributed by atoms with Crippen molar-refractivity contribution in [1.82, 2.24) is 0 Å². The van der Waals surface area contributed by atoms with Crippen molar-refractivity contribution >= 4 is 23.3 Å². The lowest BCUT2D eigenvalue weighted by molar-refractivity contribution is -0.136. The summed E-state index contributed by atoms with van der Waals surface area (Å²) in [6.45, 7) is 0.635. The van der Waals surface area contributed by atoms with E-state index in [-0.39, 0.29) is 6.42 Å². The maximum atomic E-state index is 10.6. The molecule has 2 rings (SSSR count). The van der Waals surface area contributed by atoms with E-state index in [1.165, 1.54) is 0 Å². The molecule has 0 aromatic heterocycles. The van der Waals surface area contributed by atoms with Crippen molar-refractivity contribution in [1.29, 1.82) is 0 Å². The predicted molar refractivity (Wildman–Crippen MR) is 83.1 cm³/mol. The molecule has 0 saturated carbocycles. The minimum atomic E-state index is -0.825. The SMILES string of the molecule is COc1ccc(NCc2ccc(CC(=O)O)cc2)cc1Cl. The Labute approximate surface area is 128 Å². The number of hydrogen-bond acceptors (Lipinski definition) is 3. The fraction of sp³-hybridized carbons (Fsp3) is 0.188. The van der Waals surface area contributed by atoms with Gasteiger partial charge in [0.1, 0.15) is 5.75 Å². The number of benzene rings is 2. The van der Waals surface area contributed by atoms with Gasteiger partial charge < -0.3 is 15.2 Å². The molecule has 0 aliphatic rings. The number of carboxylic acids is 1. The molecule has 4 nitrogen and oxygen atoms in total. The molecule has 110 valence electrons. The summed E-state index contributed by atoms with van der Waals surface area (Å²) in [7, 11) is 1.58. The minimum absolute atomic E-state index is 0.0434. The van der Waals surface area contributed by atoms with Gasteiger partial charge in [0.2, 0.25) is 0 Å². The van der Waals surface area contributed by atoms with Crippen molar-refractivity contribution in [3.8, 4) is 5.75 Å². The van der Waals surface area contributed by atoms with E-state index in [0.717, 1.165) is 16.8 Å². The fourth-order valence-electron chi connectivity index (χ4n) is 1.93. The highest BCUT2D eigenvalue weighted by Crippen LogP contribution is 2.27. The molecule has 0 saturated heterocycles. The Balaban J connectivity index is 1.96. The van der Waals surface area contributed by atoms with Crippen LogP contribution in [-0.4, -0.2) is 18.2 Å². The highest BCUT2D eigenvalue weighted by Gasteiger charge is 2.03. The van der Waals surface area contributed by atoms with Gasteiger partial charge in [0.15, 0.2) is 0 Å². The third kappa shape index (κ3) is 4.39. The van der Waals surface area contributed by atoms with Crippen molar-refractivity contribution < 1.29 is 14.6 Å². The van der Waals surface area contributed by atoms with Crippen LogP contribution in [0.1, 0.15) is 11.1 Å². The van der Waals surface area contributed by atoms with E-state index in [2.05, 4.69) is 5.32 Å². The maximum Gasteiger partial charge on any atom is 0.307 e. The average molecular weight is 306 g/mol. The Hall–Kier alpha value is -2.20. The van der Waals surface area contributed by atoms with Crippen LogP contribution in [0.4, 0.5) is 5.69 Å². The molecule has 0 radical (unpaired) electrons. The molecule has 0 heterocycles. The number of ether oxygens (including phenoxy) is 1. The number of halogens is 1. The van der Waals surface area contributed by atoms with E-state index in [4.69, 9.17) is 21.4 Å². The Morgan fingerprint density at radius 2 is 1.86 bits per heavy atom. The molecule has 2 aromatic rings. The lowest BCUT2D eigenvalue weighted by atomic mass is 10.1. The van der Waals surface area contributed by atoms with Gasteiger partial charge in [-0.3, -0.25) is 4.79 Å². The van der Waals surface area contributed by atoms with Gasteiger partial charge in [-0.15, -0.1) is 0 Å². The van der Waals surface area contributed by atoms with E-state index in [0.29, 0.717) is 17.3 Å². The number of aliphatic carboxylic acids is 1. The van der Waals surface area contributed by atoms with Crippen molar-refractivity contribution in [3.05, 3.63) is 58.6 Å². The van der Waals surface area contributed by atoms with Crippen LogP contribution in [0.25, 0.3) is 0 Å². The van der Waals surface area contributed by atoms with Crippen LogP contribution in [0.3, 0.4) is 0 Å². The van der Waals surface area contributed by atoms with Crippen molar-refractivity contribution in [2.75, 3.05) is 12.4 Å². The zero-order valence-electron chi connectivity index (χ0n) is 11.6.